The van der Waals surface area contributed by atoms with Crippen LogP contribution in [0.5, 0.6) is 0 Å². The number of hydrogen-bond acceptors (Lipinski definition) is 4. The second-order valence-electron chi connectivity index (χ2n) is 6.28. The summed E-state index contributed by atoms with van der Waals surface area (Å²) in [5.41, 5.74) is 3.23. The van der Waals surface area contributed by atoms with E-state index in [1.165, 1.54) is 10.4 Å². The first-order valence-electron chi connectivity index (χ1n) is 8.82. The molecule has 0 radical (unpaired) electrons. The zero-order valence-electron chi connectivity index (χ0n) is 15.1. The van der Waals surface area contributed by atoms with Crippen molar-refractivity contribution in [2.75, 3.05) is 6.54 Å². The number of hydrogen-bond donors (Lipinski definition) is 1. The number of rotatable bonds is 7. The predicted octanol–water partition coefficient (Wildman–Crippen LogP) is 2.96. The van der Waals surface area contributed by atoms with Gasteiger partial charge in [0.1, 0.15) is 6.54 Å². The molecule has 26 heavy (non-hydrogen) atoms. The van der Waals surface area contributed by atoms with Gasteiger partial charge in [0.05, 0.1) is 0 Å². The highest BCUT2D eigenvalue weighted by Gasteiger charge is 2.13. The topological polar surface area (TPSA) is 72.7 Å². The second kappa shape index (κ2) is 8.38. The molecular weight excluding hydrogens is 326 g/mol. The van der Waals surface area contributed by atoms with Gasteiger partial charge in [-0.1, -0.05) is 61.5 Å². The average Bonchev–Trinajstić information content (AvgIpc) is 3.11. The van der Waals surface area contributed by atoms with Crippen LogP contribution in [0.2, 0.25) is 0 Å². The Morgan fingerprint density at radius 2 is 1.85 bits per heavy atom. The Balaban J connectivity index is 1.58. The van der Waals surface area contributed by atoms with Gasteiger partial charge >= 0.3 is 0 Å². The minimum absolute atomic E-state index is 0.0596. The van der Waals surface area contributed by atoms with Gasteiger partial charge in [-0.25, -0.2) is 0 Å². The molecule has 0 saturated heterocycles. The van der Waals surface area contributed by atoms with E-state index in [4.69, 9.17) is 0 Å². The van der Waals surface area contributed by atoms with Crippen molar-refractivity contribution >= 4 is 5.91 Å². The van der Waals surface area contributed by atoms with E-state index < -0.39 is 0 Å². The van der Waals surface area contributed by atoms with Gasteiger partial charge in [0.2, 0.25) is 11.7 Å². The maximum atomic E-state index is 12.2. The molecule has 2 aromatic carbocycles. The van der Waals surface area contributed by atoms with E-state index in [9.17, 15) is 4.79 Å². The molecule has 0 spiro atoms. The number of aromatic nitrogens is 4. The van der Waals surface area contributed by atoms with Crippen molar-refractivity contribution in [3.63, 3.8) is 0 Å². The second-order valence-corrected chi connectivity index (χ2v) is 6.28. The lowest BCUT2D eigenvalue weighted by Gasteiger charge is -2.16. The van der Waals surface area contributed by atoms with Crippen LogP contribution in [-0.4, -0.2) is 32.7 Å². The van der Waals surface area contributed by atoms with Crippen molar-refractivity contribution in [2.24, 2.45) is 0 Å². The molecule has 1 atom stereocenters. The Morgan fingerprint density at radius 1 is 1.12 bits per heavy atom. The van der Waals surface area contributed by atoms with Gasteiger partial charge in [-0.2, -0.15) is 4.80 Å². The van der Waals surface area contributed by atoms with Gasteiger partial charge in [-0.15, -0.1) is 10.2 Å². The van der Waals surface area contributed by atoms with Crippen LogP contribution in [0.4, 0.5) is 0 Å². The minimum atomic E-state index is -0.117. The Bertz CT molecular complexity index is 859. The summed E-state index contributed by atoms with van der Waals surface area (Å²) in [7, 11) is 0. The molecule has 1 N–H and O–H groups in total. The number of nitrogens with one attached hydrogen (secondary N) is 1. The maximum Gasteiger partial charge on any atom is 0.243 e. The van der Waals surface area contributed by atoms with Gasteiger partial charge in [0, 0.05) is 18.0 Å². The highest BCUT2D eigenvalue weighted by Crippen LogP contribution is 2.18. The number of benzene rings is 2. The molecule has 1 aromatic heterocycles. The van der Waals surface area contributed by atoms with Gasteiger partial charge in [0.15, 0.2) is 0 Å². The van der Waals surface area contributed by atoms with E-state index in [1.54, 1.807) is 0 Å². The summed E-state index contributed by atoms with van der Waals surface area (Å²) in [6.45, 7) is 4.78. The minimum Gasteiger partial charge on any atom is -0.354 e. The predicted molar refractivity (Wildman–Crippen MR) is 100 cm³/mol. The highest BCUT2D eigenvalue weighted by molar-refractivity contribution is 5.75. The van der Waals surface area contributed by atoms with Crippen LogP contribution in [0.3, 0.4) is 0 Å². The van der Waals surface area contributed by atoms with E-state index in [0.717, 1.165) is 17.5 Å². The number of carbonyl (C=O) groups excluding carboxylic acids is 1. The van der Waals surface area contributed by atoms with E-state index >= 15 is 0 Å². The molecule has 0 aliphatic rings. The molecule has 134 valence electrons. The first-order valence-corrected chi connectivity index (χ1v) is 8.82. The third kappa shape index (κ3) is 4.33. The quantitative estimate of drug-likeness (QED) is 0.712. The lowest BCUT2D eigenvalue weighted by Crippen LogP contribution is -2.32. The number of amides is 1. The fourth-order valence-corrected chi connectivity index (χ4v) is 2.89. The summed E-state index contributed by atoms with van der Waals surface area (Å²) in [4.78, 5) is 13.6. The fourth-order valence-electron chi connectivity index (χ4n) is 2.89. The average molecular weight is 349 g/mol. The van der Waals surface area contributed by atoms with E-state index in [1.807, 2.05) is 49.4 Å². The molecule has 0 bridgehead atoms. The Labute approximate surface area is 153 Å². The molecule has 3 aromatic rings. The lowest BCUT2D eigenvalue weighted by atomic mass is 9.96. The summed E-state index contributed by atoms with van der Waals surface area (Å²) >= 11 is 0. The van der Waals surface area contributed by atoms with Crippen molar-refractivity contribution in [2.45, 2.75) is 32.7 Å². The third-order valence-electron chi connectivity index (χ3n) is 4.43. The van der Waals surface area contributed by atoms with Gasteiger partial charge in [-0.05, 0) is 29.7 Å². The van der Waals surface area contributed by atoms with Crippen molar-refractivity contribution in [3.05, 3.63) is 65.7 Å². The Kier molecular flexibility index (Phi) is 5.73. The standard InChI is InChI=1S/C20H23N5O/c1-3-16(17-10-5-4-6-11-17)13-21-19(26)14-25-23-20(22-24-25)18-12-8-7-9-15(18)2/h4-12,16H,3,13-14H2,1-2H3,(H,21,26). The molecule has 1 unspecified atom stereocenters. The summed E-state index contributed by atoms with van der Waals surface area (Å²) < 4.78 is 0. The number of tetrazole rings is 1. The van der Waals surface area contributed by atoms with Crippen LogP contribution in [0.15, 0.2) is 54.6 Å². The molecule has 1 amide bonds. The lowest BCUT2D eigenvalue weighted by molar-refractivity contribution is -0.122. The fraction of sp³-hybridized carbons (Fsp3) is 0.300. The monoisotopic (exact) mass is 349 g/mol. The summed E-state index contributed by atoms with van der Waals surface area (Å²) in [6.07, 6.45) is 0.962. The first kappa shape index (κ1) is 17.8. The van der Waals surface area contributed by atoms with Crippen LogP contribution in [-0.2, 0) is 11.3 Å². The Morgan fingerprint density at radius 3 is 2.58 bits per heavy atom. The molecular formula is C20H23N5O. The van der Waals surface area contributed by atoms with Gasteiger partial charge < -0.3 is 5.32 Å². The van der Waals surface area contributed by atoms with Crippen LogP contribution in [0, 0.1) is 6.92 Å². The van der Waals surface area contributed by atoms with Crippen molar-refractivity contribution in [1.29, 1.82) is 0 Å². The molecule has 3 rings (SSSR count). The molecule has 6 heteroatoms. The molecule has 0 saturated carbocycles. The smallest absolute Gasteiger partial charge is 0.243 e. The molecule has 0 aliphatic carbocycles. The van der Waals surface area contributed by atoms with Crippen LogP contribution < -0.4 is 5.32 Å². The highest BCUT2D eigenvalue weighted by atomic mass is 16.2. The van der Waals surface area contributed by atoms with Crippen molar-refractivity contribution in [1.82, 2.24) is 25.5 Å². The molecule has 1 heterocycles. The van der Waals surface area contributed by atoms with Crippen LogP contribution in [0.25, 0.3) is 11.4 Å². The summed E-state index contributed by atoms with van der Waals surface area (Å²) in [6, 6.07) is 18.1. The summed E-state index contributed by atoms with van der Waals surface area (Å²) in [5.74, 6) is 0.714. The van der Waals surface area contributed by atoms with Crippen LogP contribution in [0.1, 0.15) is 30.4 Å². The molecule has 0 aliphatic heterocycles. The van der Waals surface area contributed by atoms with E-state index in [2.05, 4.69) is 39.8 Å². The van der Waals surface area contributed by atoms with Gasteiger partial charge in [-0.3, -0.25) is 4.79 Å². The zero-order valence-corrected chi connectivity index (χ0v) is 15.1. The SMILES string of the molecule is CCC(CNC(=O)Cn1nnc(-c2ccccc2C)n1)c1ccccc1. The van der Waals surface area contributed by atoms with Gasteiger partial charge in [0.25, 0.3) is 0 Å². The molecule has 0 fully saturated rings. The number of aryl methyl sites for hydroxylation is 1. The summed E-state index contributed by atoms with van der Waals surface area (Å²) in [5, 5.41) is 15.3. The van der Waals surface area contributed by atoms with E-state index in [-0.39, 0.29) is 12.5 Å². The largest absolute Gasteiger partial charge is 0.354 e. The number of nitrogens with zero attached hydrogens (tertiary/aromatic N) is 4. The van der Waals surface area contributed by atoms with Crippen LogP contribution >= 0.6 is 0 Å². The van der Waals surface area contributed by atoms with Crippen molar-refractivity contribution < 1.29 is 4.79 Å². The Hall–Kier alpha value is -3.02. The first-order chi connectivity index (χ1) is 12.7. The normalized spacial score (nSPS) is 11.9. The van der Waals surface area contributed by atoms with Crippen molar-refractivity contribution in [3.8, 4) is 11.4 Å². The maximum absolute atomic E-state index is 12.2. The third-order valence-corrected chi connectivity index (χ3v) is 4.43. The zero-order chi connectivity index (χ0) is 18.4. The van der Waals surface area contributed by atoms with E-state index in [0.29, 0.717) is 18.3 Å². The molecule has 6 nitrogen and oxygen atoms in total. The number of carbonyl (C=O) groups is 1.